The van der Waals surface area contributed by atoms with Crippen LogP contribution in [0.5, 0.6) is 0 Å². The van der Waals surface area contributed by atoms with Crippen molar-refractivity contribution in [2.45, 2.75) is 6.10 Å². The van der Waals surface area contributed by atoms with Crippen LogP contribution in [0.25, 0.3) is 10.1 Å². The summed E-state index contributed by atoms with van der Waals surface area (Å²) in [5.41, 5.74) is 0.740. The number of hydrogen-bond donors (Lipinski definition) is 1. The van der Waals surface area contributed by atoms with Gasteiger partial charge in [-0.05, 0) is 23.6 Å². The summed E-state index contributed by atoms with van der Waals surface area (Å²) in [6.07, 6.45) is 2.70. The van der Waals surface area contributed by atoms with Crippen LogP contribution in [0.3, 0.4) is 0 Å². The van der Waals surface area contributed by atoms with Crippen molar-refractivity contribution in [3.63, 3.8) is 0 Å². The Labute approximate surface area is 107 Å². The van der Waals surface area contributed by atoms with Crippen molar-refractivity contribution in [2.75, 3.05) is 0 Å². The second-order valence-electron chi connectivity index (χ2n) is 4.18. The minimum Gasteiger partial charge on any atom is -0.383 e. The van der Waals surface area contributed by atoms with Gasteiger partial charge < -0.3 is 5.11 Å². The first-order chi connectivity index (χ1) is 8.63. The van der Waals surface area contributed by atoms with Crippen molar-refractivity contribution in [1.29, 1.82) is 0 Å². The monoisotopic (exact) mass is 262 g/mol. The van der Waals surface area contributed by atoms with E-state index in [0.717, 1.165) is 20.5 Å². The van der Waals surface area contributed by atoms with E-state index in [-0.39, 0.29) is 5.82 Å². The molecule has 3 nitrogen and oxygen atoms in total. The Morgan fingerprint density at radius 1 is 1.39 bits per heavy atom. The predicted molar refractivity (Wildman–Crippen MR) is 69.1 cm³/mol. The summed E-state index contributed by atoms with van der Waals surface area (Å²) in [6, 6.07) is 6.52. The van der Waals surface area contributed by atoms with Crippen molar-refractivity contribution in [3.8, 4) is 0 Å². The number of aliphatic hydroxyl groups is 1. The Bertz CT molecular complexity index is 704. The van der Waals surface area contributed by atoms with Crippen LogP contribution in [0.4, 0.5) is 4.39 Å². The average Bonchev–Trinajstić information content (AvgIpc) is 2.93. The highest BCUT2D eigenvalue weighted by atomic mass is 32.1. The maximum atomic E-state index is 13.1. The van der Waals surface area contributed by atoms with Crippen molar-refractivity contribution in [2.24, 2.45) is 7.05 Å². The number of benzene rings is 1. The quantitative estimate of drug-likeness (QED) is 0.771. The molecule has 0 fully saturated rings. The molecule has 3 aromatic rings. The van der Waals surface area contributed by atoms with Gasteiger partial charge in [0.05, 0.1) is 6.20 Å². The molecular weight excluding hydrogens is 251 g/mol. The molecule has 0 saturated carbocycles. The van der Waals surface area contributed by atoms with Gasteiger partial charge in [-0.3, -0.25) is 4.68 Å². The molecule has 1 atom stereocenters. The van der Waals surface area contributed by atoms with Gasteiger partial charge in [0.15, 0.2) is 0 Å². The largest absolute Gasteiger partial charge is 0.383 e. The first-order valence-electron chi connectivity index (χ1n) is 5.49. The van der Waals surface area contributed by atoms with Crippen molar-refractivity contribution in [1.82, 2.24) is 9.78 Å². The third-order valence-corrected chi connectivity index (χ3v) is 3.96. The number of halogens is 1. The Morgan fingerprint density at radius 2 is 2.22 bits per heavy atom. The Balaban J connectivity index is 2.03. The van der Waals surface area contributed by atoms with E-state index in [9.17, 15) is 9.50 Å². The minimum absolute atomic E-state index is 0.258. The van der Waals surface area contributed by atoms with E-state index in [1.807, 2.05) is 6.07 Å². The lowest BCUT2D eigenvalue weighted by Crippen LogP contribution is -1.94. The van der Waals surface area contributed by atoms with Gasteiger partial charge in [-0.15, -0.1) is 11.3 Å². The van der Waals surface area contributed by atoms with E-state index in [2.05, 4.69) is 5.10 Å². The van der Waals surface area contributed by atoms with Gasteiger partial charge in [0, 0.05) is 28.4 Å². The molecule has 1 unspecified atom stereocenters. The zero-order valence-corrected chi connectivity index (χ0v) is 10.5. The molecule has 0 aliphatic carbocycles. The van der Waals surface area contributed by atoms with Gasteiger partial charge in [-0.2, -0.15) is 5.10 Å². The fourth-order valence-electron chi connectivity index (χ4n) is 1.91. The number of thiophene rings is 1. The summed E-state index contributed by atoms with van der Waals surface area (Å²) in [4.78, 5) is 0.795. The zero-order chi connectivity index (χ0) is 12.7. The molecule has 0 saturated heterocycles. The van der Waals surface area contributed by atoms with Gasteiger partial charge in [0.2, 0.25) is 0 Å². The van der Waals surface area contributed by atoms with E-state index >= 15 is 0 Å². The van der Waals surface area contributed by atoms with E-state index in [1.165, 1.54) is 23.5 Å². The highest BCUT2D eigenvalue weighted by Crippen LogP contribution is 2.33. The summed E-state index contributed by atoms with van der Waals surface area (Å²) in [5.74, 6) is -0.258. The van der Waals surface area contributed by atoms with Crippen molar-refractivity contribution >= 4 is 21.4 Å². The molecule has 0 spiro atoms. The van der Waals surface area contributed by atoms with Crippen LogP contribution in [-0.2, 0) is 7.05 Å². The summed E-state index contributed by atoms with van der Waals surface area (Å²) in [6.45, 7) is 0. The molecule has 3 rings (SSSR count). The second-order valence-corrected chi connectivity index (χ2v) is 5.30. The standard InChI is InChI=1S/C13H11FN2OS/c1-16-7-9(6-15-16)13(17)12-4-8-2-3-10(14)5-11(8)18-12/h2-7,13,17H,1H3. The van der Waals surface area contributed by atoms with Crippen LogP contribution in [0.1, 0.15) is 16.5 Å². The Hall–Kier alpha value is -1.72. The van der Waals surface area contributed by atoms with Crippen molar-refractivity contribution in [3.05, 3.63) is 52.9 Å². The highest BCUT2D eigenvalue weighted by Gasteiger charge is 2.15. The molecule has 18 heavy (non-hydrogen) atoms. The molecule has 0 bridgehead atoms. The van der Waals surface area contributed by atoms with E-state index < -0.39 is 6.10 Å². The van der Waals surface area contributed by atoms with Crippen molar-refractivity contribution < 1.29 is 9.50 Å². The molecule has 0 radical (unpaired) electrons. The second kappa shape index (κ2) is 4.19. The lowest BCUT2D eigenvalue weighted by atomic mass is 10.1. The van der Waals surface area contributed by atoms with Crippen LogP contribution in [0.15, 0.2) is 36.7 Å². The number of aliphatic hydroxyl groups excluding tert-OH is 1. The van der Waals surface area contributed by atoms with Crippen LogP contribution < -0.4 is 0 Å². The maximum absolute atomic E-state index is 13.1. The molecule has 1 aromatic carbocycles. The Morgan fingerprint density at radius 3 is 2.94 bits per heavy atom. The number of nitrogens with zero attached hydrogens (tertiary/aromatic N) is 2. The molecule has 0 amide bonds. The van der Waals surface area contributed by atoms with Gasteiger partial charge in [0.25, 0.3) is 0 Å². The maximum Gasteiger partial charge on any atom is 0.124 e. The Kier molecular flexibility index (Phi) is 2.65. The molecular formula is C13H11FN2OS. The topological polar surface area (TPSA) is 38.0 Å². The van der Waals surface area contributed by atoms with Gasteiger partial charge in [-0.25, -0.2) is 4.39 Å². The third kappa shape index (κ3) is 1.91. The molecule has 5 heteroatoms. The smallest absolute Gasteiger partial charge is 0.124 e. The van der Waals surface area contributed by atoms with Crippen LogP contribution in [-0.4, -0.2) is 14.9 Å². The van der Waals surface area contributed by atoms with Crippen LogP contribution in [0, 0.1) is 5.82 Å². The summed E-state index contributed by atoms with van der Waals surface area (Å²) in [7, 11) is 1.80. The zero-order valence-electron chi connectivity index (χ0n) is 9.67. The molecule has 0 aliphatic heterocycles. The van der Waals surface area contributed by atoms with E-state index in [1.54, 1.807) is 30.2 Å². The number of aromatic nitrogens is 2. The average molecular weight is 262 g/mol. The molecule has 2 heterocycles. The number of fused-ring (bicyclic) bond motifs is 1. The molecule has 92 valence electrons. The summed E-state index contributed by atoms with van der Waals surface area (Å²) in [5, 5.41) is 15.2. The molecule has 0 aliphatic rings. The van der Waals surface area contributed by atoms with Crippen LogP contribution in [0.2, 0.25) is 0 Å². The van der Waals surface area contributed by atoms with E-state index in [4.69, 9.17) is 0 Å². The number of hydrogen-bond acceptors (Lipinski definition) is 3. The normalized spacial score (nSPS) is 13.1. The molecule has 1 N–H and O–H groups in total. The first kappa shape index (κ1) is 11.4. The molecule has 2 aromatic heterocycles. The SMILES string of the molecule is Cn1cc(C(O)c2cc3ccc(F)cc3s2)cn1. The summed E-state index contributed by atoms with van der Waals surface area (Å²) >= 11 is 1.40. The number of rotatable bonds is 2. The first-order valence-corrected chi connectivity index (χ1v) is 6.31. The fourth-order valence-corrected chi connectivity index (χ4v) is 3.01. The lowest BCUT2D eigenvalue weighted by molar-refractivity contribution is 0.224. The minimum atomic E-state index is -0.709. The number of aryl methyl sites for hydroxylation is 1. The van der Waals surface area contributed by atoms with Gasteiger partial charge in [-0.1, -0.05) is 6.07 Å². The fraction of sp³-hybridized carbons (Fsp3) is 0.154. The third-order valence-electron chi connectivity index (χ3n) is 2.81. The van der Waals surface area contributed by atoms with E-state index in [0.29, 0.717) is 0 Å². The highest BCUT2D eigenvalue weighted by molar-refractivity contribution is 7.19. The lowest BCUT2D eigenvalue weighted by Gasteiger charge is -2.03. The predicted octanol–water partition coefficient (Wildman–Crippen LogP) is 2.86. The van der Waals surface area contributed by atoms with Crippen LogP contribution >= 0.6 is 11.3 Å². The summed E-state index contributed by atoms with van der Waals surface area (Å²) < 4.78 is 15.6. The van der Waals surface area contributed by atoms with Gasteiger partial charge >= 0.3 is 0 Å². The van der Waals surface area contributed by atoms with Gasteiger partial charge in [0.1, 0.15) is 11.9 Å².